The number of amides is 1. The van der Waals surface area contributed by atoms with Gasteiger partial charge in [-0.15, -0.1) is 0 Å². The first-order valence-electron chi connectivity index (χ1n) is 7.40. The number of rotatable bonds is 6. The maximum absolute atomic E-state index is 12.1. The molecule has 0 saturated heterocycles. The number of nitrogens with two attached hydrogens (primary N) is 1. The van der Waals surface area contributed by atoms with Crippen molar-refractivity contribution in [3.05, 3.63) is 0 Å². The van der Waals surface area contributed by atoms with Gasteiger partial charge in [-0.05, 0) is 45.2 Å². The number of nitrogens with one attached hydrogen (secondary N) is 1. The predicted octanol–water partition coefficient (Wildman–Crippen LogP) is 0.962. The van der Waals surface area contributed by atoms with Gasteiger partial charge in [0.25, 0.3) is 0 Å². The summed E-state index contributed by atoms with van der Waals surface area (Å²) in [6, 6.07) is 0.772. The molecule has 0 aliphatic heterocycles. The molecule has 0 bridgehead atoms. The smallest absolute Gasteiger partial charge is 0.223 e. The fraction of sp³-hybridized carbons (Fsp3) is 0.929. The van der Waals surface area contributed by atoms with Gasteiger partial charge in [0, 0.05) is 25.0 Å². The monoisotopic (exact) mass is 253 g/mol. The summed E-state index contributed by atoms with van der Waals surface area (Å²) in [5.74, 6) is 0.796. The second-order valence-corrected chi connectivity index (χ2v) is 5.89. The summed E-state index contributed by atoms with van der Waals surface area (Å²) in [5, 5.41) is 3.09. The third kappa shape index (κ3) is 3.69. The second kappa shape index (κ2) is 6.53. The Morgan fingerprint density at radius 3 is 2.67 bits per heavy atom. The van der Waals surface area contributed by atoms with Crippen molar-refractivity contribution in [3.63, 3.8) is 0 Å². The van der Waals surface area contributed by atoms with Gasteiger partial charge in [-0.25, -0.2) is 0 Å². The van der Waals surface area contributed by atoms with Gasteiger partial charge in [0.2, 0.25) is 5.91 Å². The van der Waals surface area contributed by atoms with Crippen molar-refractivity contribution >= 4 is 5.91 Å². The minimum absolute atomic E-state index is 0.162. The molecule has 0 spiro atoms. The molecule has 2 aliphatic carbocycles. The third-order valence-corrected chi connectivity index (χ3v) is 4.48. The molecule has 18 heavy (non-hydrogen) atoms. The first-order chi connectivity index (χ1) is 8.72. The average Bonchev–Trinajstić information content (AvgIpc) is 3.22. The van der Waals surface area contributed by atoms with E-state index in [4.69, 9.17) is 5.73 Å². The number of carbonyl (C=O) groups excluding carboxylic acids is 1. The van der Waals surface area contributed by atoms with Crippen LogP contribution >= 0.6 is 0 Å². The summed E-state index contributed by atoms with van der Waals surface area (Å²) in [6.07, 6.45) is 7.19. The van der Waals surface area contributed by atoms with E-state index in [1.54, 1.807) is 0 Å². The Kier molecular flexibility index (Phi) is 5.01. The minimum Gasteiger partial charge on any atom is -0.355 e. The Labute approximate surface area is 110 Å². The van der Waals surface area contributed by atoms with Gasteiger partial charge in [0.15, 0.2) is 0 Å². The van der Waals surface area contributed by atoms with Crippen molar-refractivity contribution in [1.29, 1.82) is 0 Å². The molecule has 2 rings (SSSR count). The molecule has 2 saturated carbocycles. The van der Waals surface area contributed by atoms with E-state index in [-0.39, 0.29) is 11.8 Å². The van der Waals surface area contributed by atoms with Gasteiger partial charge < -0.3 is 16.0 Å². The van der Waals surface area contributed by atoms with Crippen molar-refractivity contribution in [2.24, 2.45) is 17.6 Å². The van der Waals surface area contributed by atoms with E-state index in [0.29, 0.717) is 12.5 Å². The molecule has 1 amide bonds. The highest BCUT2D eigenvalue weighted by Crippen LogP contribution is 2.29. The summed E-state index contributed by atoms with van der Waals surface area (Å²) >= 11 is 0. The van der Waals surface area contributed by atoms with Crippen LogP contribution in [-0.4, -0.2) is 43.5 Å². The van der Waals surface area contributed by atoms with E-state index in [1.807, 2.05) is 0 Å². The van der Waals surface area contributed by atoms with Gasteiger partial charge in [-0.3, -0.25) is 4.79 Å². The number of carbonyl (C=O) groups is 1. The quantitative estimate of drug-likeness (QED) is 0.741. The first kappa shape index (κ1) is 13.8. The van der Waals surface area contributed by atoms with Gasteiger partial charge in [0.05, 0.1) is 0 Å². The highest BCUT2D eigenvalue weighted by Gasteiger charge is 2.30. The lowest BCUT2D eigenvalue weighted by molar-refractivity contribution is -0.127. The summed E-state index contributed by atoms with van der Waals surface area (Å²) in [7, 11) is 2.15. The lowest BCUT2D eigenvalue weighted by Gasteiger charge is -2.29. The average molecular weight is 253 g/mol. The van der Waals surface area contributed by atoms with E-state index in [9.17, 15) is 4.79 Å². The Morgan fingerprint density at radius 2 is 2.00 bits per heavy atom. The number of hydrogen-bond acceptors (Lipinski definition) is 3. The van der Waals surface area contributed by atoms with Crippen LogP contribution in [0.15, 0.2) is 0 Å². The molecule has 3 N–H and O–H groups in total. The van der Waals surface area contributed by atoms with Gasteiger partial charge >= 0.3 is 0 Å². The van der Waals surface area contributed by atoms with Crippen LogP contribution in [0.5, 0.6) is 0 Å². The zero-order chi connectivity index (χ0) is 13.0. The van der Waals surface area contributed by atoms with Gasteiger partial charge in [-0.1, -0.05) is 12.8 Å². The lowest BCUT2D eigenvalue weighted by atomic mass is 9.79. The van der Waals surface area contributed by atoms with Crippen molar-refractivity contribution in [2.45, 2.75) is 44.6 Å². The van der Waals surface area contributed by atoms with Crippen molar-refractivity contribution in [2.75, 3.05) is 26.7 Å². The number of nitrogens with zero attached hydrogens (tertiary/aromatic N) is 1. The molecule has 0 radical (unpaired) electrons. The zero-order valence-corrected chi connectivity index (χ0v) is 11.5. The summed E-state index contributed by atoms with van der Waals surface area (Å²) < 4.78 is 0. The normalized spacial score (nSPS) is 28.4. The van der Waals surface area contributed by atoms with Crippen LogP contribution < -0.4 is 11.1 Å². The molecule has 2 fully saturated rings. The third-order valence-electron chi connectivity index (χ3n) is 4.48. The maximum atomic E-state index is 12.1. The molecule has 0 heterocycles. The van der Waals surface area contributed by atoms with Crippen LogP contribution in [0.1, 0.15) is 38.5 Å². The molecule has 104 valence electrons. The van der Waals surface area contributed by atoms with Crippen molar-refractivity contribution in [1.82, 2.24) is 10.2 Å². The van der Waals surface area contributed by atoms with Crippen LogP contribution in [0.25, 0.3) is 0 Å². The SMILES string of the molecule is CN(CCNC(=O)C1CCCCC1CN)C1CC1. The minimum atomic E-state index is 0.162. The Hall–Kier alpha value is -0.610. The predicted molar refractivity (Wildman–Crippen MR) is 73.2 cm³/mol. The van der Waals surface area contributed by atoms with Crippen LogP contribution in [0.4, 0.5) is 0 Å². The molecular formula is C14H27N3O. The Bertz CT molecular complexity index is 278. The second-order valence-electron chi connectivity index (χ2n) is 5.89. The fourth-order valence-corrected chi connectivity index (χ4v) is 3.02. The molecule has 4 nitrogen and oxygen atoms in total. The van der Waals surface area contributed by atoms with Crippen LogP contribution in [0.2, 0.25) is 0 Å². The van der Waals surface area contributed by atoms with E-state index >= 15 is 0 Å². The topological polar surface area (TPSA) is 58.4 Å². The van der Waals surface area contributed by atoms with Crippen LogP contribution in [-0.2, 0) is 4.79 Å². The summed E-state index contributed by atoms with van der Waals surface area (Å²) in [5.41, 5.74) is 5.77. The van der Waals surface area contributed by atoms with Gasteiger partial charge in [-0.2, -0.15) is 0 Å². The van der Waals surface area contributed by atoms with E-state index in [2.05, 4.69) is 17.3 Å². The molecule has 2 atom stereocenters. The molecule has 2 aliphatic rings. The molecule has 0 aromatic rings. The van der Waals surface area contributed by atoms with E-state index in [0.717, 1.165) is 32.0 Å². The summed E-state index contributed by atoms with van der Waals surface area (Å²) in [4.78, 5) is 14.5. The molecule has 0 aromatic heterocycles. The van der Waals surface area contributed by atoms with Crippen LogP contribution in [0, 0.1) is 11.8 Å². The lowest BCUT2D eigenvalue weighted by Crippen LogP contribution is -2.42. The van der Waals surface area contributed by atoms with Crippen molar-refractivity contribution < 1.29 is 4.79 Å². The highest BCUT2D eigenvalue weighted by atomic mass is 16.1. The largest absolute Gasteiger partial charge is 0.355 e. The standard InChI is InChI=1S/C14H27N3O/c1-17(12-6-7-12)9-8-16-14(18)13-5-3-2-4-11(13)10-15/h11-13H,2-10,15H2,1H3,(H,16,18). The molecule has 2 unspecified atom stereocenters. The Morgan fingerprint density at radius 1 is 1.28 bits per heavy atom. The first-order valence-corrected chi connectivity index (χ1v) is 7.40. The number of likely N-dealkylation sites (N-methyl/N-ethyl adjacent to an activating group) is 1. The van der Waals surface area contributed by atoms with E-state index in [1.165, 1.54) is 25.7 Å². The highest BCUT2D eigenvalue weighted by molar-refractivity contribution is 5.79. The van der Waals surface area contributed by atoms with Gasteiger partial charge in [0.1, 0.15) is 0 Å². The maximum Gasteiger partial charge on any atom is 0.223 e. The van der Waals surface area contributed by atoms with E-state index < -0.39 is 0 Å². The molecule has 0 aromatic carbocycles. The molecule has 4 heteroatoms. The van der Waals surface area contributed by atoms with Crippen LogP contribution in [0.3, 0.4) is 0 Å². The molecular weight excluding hydrogens is 226 g/mol. The summed E-state index contributed by atoms with van der Waals surface area (Å²) in [6.45, 7) is 2.40. The number of hydrogen-bond donors (Lipinski definition) is 2. The fourth-order valence-electron chi connectivity index (χ4n) is 3.02. The zero-order valence-electron chi connectivity index (χ0n) is 11.5. The Balaban J connectivity index is 1.69. The van der Waals surface area contributed by atoms with Crippen molar-refractivity contribution in [3.8, 4) is 0 Å².